The van der Waals surface area contributed by atoms with Gasteiger partial charge in [0.1, 0.15) is 11.6 Å². The van der Waals surface area contributed by atoms with E-state index < -0.39 is 18.0 Å². The summed E-state index contributed by atoms with van der Waals surface area (Å²) < 4.78 is 20.5. The number of amides is 3. The molecule has 1 N–H and O–H groups in total. The highest BCUT2D eigenvalue weighted by molar-refractivity contribution is 6.22. The van der Waals surface area contributed by atoms with Crippen molar-refractivity contribution in [2.24, 2.45) is 10.1 Å². The van der Waals surface area contributed by atoms with E-state index in [2.05, 4.69) is 15.5 Å². The molecule has 2 aromatic carbocycles. The molecule has 0 bridgehead atoms. The van der Waals surface area contributed by atoms with E-state index in [4.69, 9.17) is 4.74 Å². The molecule has 0 radical (unpaired) electrons. The standard InChI is InChI=1S/C23H23FN6O3/c1-4-33-18-11-7-15(8-12-18)13-25-27-22-26-20-19(21(31)29(3)23(32)28(20)2)30(22)14-16-5-9-17(24)10-6-16/h5-13,19H,4,14H2,1-3H3/p+1/b25-13+. The number of ether oxygens (including phenoxy) is 1. The minimum absolute atomic E-state index is 0.264. The quantitative estimate of drug-likeness (QED) is 0.413. The zero-order valence-corrected chi connectivity index (χ0v) is 18.5. The molecular formula is C23H24FN6O3+. The lowest BCUT2D eigenvalue weighted by Gasteiger charge is -2.31. The Bertz CT molecular complexity index is 1160. The van der Waals surface area contributed by atoms with Crippen molar-refractivity contribution in [1.29, 1.82) is 0 Å². The molecule has 0 spiro atoms. The molecule has 0 aliphatic carbocycles. The average Bonchev–Trinajstić information content (AvgIpc) is 3.17. The lowest BCUT2D eigenvalue weighted by molar-refractivity contribution is -0.553. The molecule has 170 valence electrons. The van der Waals surface area contributed by atoms with Gasteiger partial charge in [-0.25, -0.2) is 13.8 Å². The van der Waals surface area contributed by atoms with Crippen LogP contribution >= 0.6 is 0 Å². The number of hydrazone groups is 1. The second kappa shape index (κ2) is 9.19. The molecular weight excluding hydrogens is 427 g/mol. The lowest BCUT2D eigenvalue weighted by atomic mass is 10.1. The van der Waals surface area contributed by atoms with Crippen LogP contribution in [0.25, 0.3) is 0 Å². The van der Waals surface area contributed by atoms with Gasteiger partial charge in [-0.1, -0.05) is 17.1 Å². The number of urea groups is 1. The van der Waals surface area contributed by atoms with Crippen LogP contribution in [0.3, 0.4) is 0 Å². The fourth-order valence-corrected chi connectivity index (χ4v) is 3.62. The van der Waals surface area contributed by atoms with Crippen molar-refractivity contribution < 1.29 is 23.3 Å². The number of fused-ring (bicyclic) bond motifs is 1. The van der Waals surface area contributed by atoms with E-state index in [1.807, 2.05) is 31.2 Å². The number of carbonyl (C=O) groups is 2. The van der Waals surface area contributed by atoms with Crippen molar-refractivity contribution in [3.05, 3.63) is 65.5 Å². The number of carbonyl (C=O) groups excluding carboxylic acids is 2. The van der Waals surface area contributed by atoms with E-state index in [1.54, 1.807) is 30.0 Å². The molecule has 1 saturated heterocycles. The van der Waals surface area contributed by atoms with Crippen LogP contribution in [0.1, 0.15) is 18.1 Å². The van der Waals surface area contributed by atoms with Gasteiger partial charge in [0.15, 0.2) is 0 Å². The Morgan fingerprint density at radius 2 is 1.82 bits per heavy atom. The summed E-state index contributed by atoms with van der Waals surface area (Å²) in [5.41, 5.74) is 4.50. The molecule has 2 aliphatic rings. The minimum Gasteiger partial charge on any atom is -0.494 e. The first-order valence-electron chi connectivity index (χ1n) is 10.4. The Hall–Kier alpha value is -4.08. The van der Waals surface area contributed by atoms with Gasteiger partial charge < -0.3 is 4.74 Å². The Morgan fingerprint density at radius 3 is 2.48 bits per heavy atom. The zero-order valence-electron chi connectivity index (χ0n) is 18.5. The number of imide groups is 1. The number of guanidine groups is 1. The highest BCUT2D eigenvalue weighted by Crippen LogP contribution is 2.20. The van der Waals surface area contributed by atoms with Crippen LogP contribution in [0.2, 0.25) is 0 Å². The highest BCUT2D eigenvalue weighted by Gasteiger charge is 2.51. The van der Waals surface area contributed by atoms with Crippen LogP contribution in [0.4, 0.5) is 9.18 Å². The molecule has 2 heterocycles. The van der Waals surface area contributed by atoms with E-state index in [1.165, 1.54) is 24.1 Å². The van der Waals surface area contributed by atoms with Crippen molar-refractivity contribution in [3.63, 3.8) is 0 Å². The molecule has 9 nitrogen and oxygen atoms in total. The third-order valence-corrected chi connectivity index (χ3v) is 5.37. The maximum Gasteiger partial charge on any atom is 0.414 e. The summed E-state index contributed by atoms with van der Waals surface area (Å²) in [5, 5.41) is 4.26. The number of hydrogen-bond acceptors (Lipinski definition) is 6. The van der Waals surface area contributed by atoms with Crippen LogP contribution in [0, 0.1) is 5.82 Å². The molecule has 2 aromatic rings. The summed E-state index contributed by atoms with van der Waals surface area (Å²) in [7, 11) is 3.00. The summed E-state index contributed by atoms with van der Waals surface area (Å²) in [4.78, 5) is 32.2. The summed E-state index contributed by atoms with van der Waals surface area (Å²) >= 11 is 0. The molecule has 10 heteroatoms. The Morgan fingerprint density at radius 1 is 1.12 bits per heavy atom. The van der Waals surface area contributed by atoms with Crippen molar-refractivity contribution >= 4 is 29.9 Å². The fourth-order valence-electron chi connectivity index (χ4n) is 3.62. The number of rotatable bonds is 6. The fraction of sp³-hybridized carbons (Fsp3) is 0.261. The molecule has 1 atom stereocenters. The van der Waals surface area contributed by atoms with Crippen molar-refractivity contribution in [2.45, 2.75) is 19.5 Å². The van der Waals surface area contributed by atoms with Crippen molar-refractivity contribution in [3.8, 4) is 5.75 Å². The van der Waals surface area contributed by atoms with Gasteiger partial charge in [0.05, 0.1) is 19.4 Å². The van der Waals surface area contributed by atoms with Crippen molar-refractivity contribution in [1.82, 2.24) is 15.2 Å². The highest BCUT2D eigenvalue weighted by atomic mass is 19.1. The van der Waals surface area contributed by atoms with E-state index in [0.29, 0.717) is 18.4 Å². The van der Waals surface area contributed by atoms with Crippen LogP contribution in [-0.4, -0.2) is 71.1 Å². The van der Waals surface area contributed by atoms with E-state index >= 15 is 0 Å². The van der Waals surface area contributed by atoms with Crippen LogP contribution in [0.5, 0.6) is 5.75 Å². The van der Waals surface area contributed by atoms with E-state index in [0.717, 1.165) is 21.8 Å². The maximum atomic E-state index is 13.4. The normalized spacial score (nSPS) is 18.2. The Labute approximate surface area is 190 Å². The van der Waals surface area contributed by atoms with Gasteiger partial charge in [0.25, 0.3) is 5.91 Å². The zero-order chi connectivity index (χ0) is 23.5. The van der Waals surface area contributed by atoms with Gasteiger partial charge in [-0.2, -0.15) is 5.43 Å². The molecule has 4 rings (SSSR count). The largest absolute Gasteiger partial charge is 0.494 e. The van der Waals surface area contributed by atoms with Crippen LogP contribution in [0.15, 0.2) is 58.6 Å². The topological polar surface area (TPSA) is 89.6 Å². The second-order valence-corrected chi connectivity index (χ2v) is 7.56. The van der Waals surface area contributed by atoms with Gasteiger partial charge in [0.2, 0.25) is 11.9 Å². The first-order chi connectivity index (χ1) is 15.9. The molecule has 0 aromatic heterocycles. The monoisotopic (exact) mass is 451 g/mol. The van der Waals surface area contributed by atoms with E-state index in [9.17, 15) is 14.0 Å². The molecule has 1 unspecified atom stereocenters. The SMILES string of the molecule is CCOc1ccc(/C=N/NC2=[N+](Cc3ccc(F)cc3)C3C(=O)N(C)C(=O)N(C)C3=N2)cc1. The van der Waals surface area contributed by atoms with Crippen LogP contribution < -0.4 is 10.2 Å². The number of aliphatic imine (C=N–C) groups is 1. The molecule has 33 heavy (non-hydrogen) atoms. The third kappa shape index (κ3) is 4.45. The third-order valence-electron chi connectivity index (χ3n) is 5.37. The molecule has 2 aliphatic heterocycles. The second-order valence-electron chi connectivity index (χ2n) is 7.56. The van der Waals surface area contributed by atoms with Gasteiger partial charge in [0, 0.05) is 14.1 Å². The van der Waals surface area contributed by atoms with Gasteiger partial charge in [-0.3, -0.25) is 14.6 Å². The summed E-state index contributed by atoms with van der Waals surface area (Å²) in [6.07, 6.45) is 1.61. The summed E-state index contributed by atoms with van der Waals surface area (Å²) in [5.74, 6) is 0.641. The van der Waals surface area contributed by atoms with Crippen LogP contribution in [-0.2, 0) is 11.3 Å². The summed E-state index contributed by atoms with van der Waals surface area (Å²) in [6, 6.07) is 12.1. The number of nitrogens with one attached hydrogen (secondary N) is 1. The number of benzene rings is 2. The minimum atomic E-state index is -0.800. The average molecular weight is 451 g/mol. The number of halogens is 1. The number of nitrogens with zero attached hydrogens (tertiary/aromatic N) is 5. The summed E-state index contributed by atoms with van der Waals surface area (Å²) in [6.45, 7) is 2.77. The lowest BCUT2D eigenvalue weighted by Crippen LogP contribution is -2.61. The number of likely N-dealkylation sites (N-methyl/N-ethyl adjacent to an activating group) is 2. The molecule has 0 saturated carbocycles. The molecule has 3 amide bonds. The Kier molecular flexibility index (Phi) is 6.16. The van der Waals surface area contributed by atoms with Gasteiger partial charge in [-0.15, -0.1) is 5.10 Å². The Balaban J connectivity index is 1.62. The van der Waals surface area contributed by atoms with Gasteiger partial charge in [-0.05, 0) is 54.4 Å². The van der Waals surface area contributed by atoms with E-state index in [-0.39, 0.29) is 12.4 Å². The molecule has 1 fully saturated rings. The predicted octanol–water partition coefficient (Wildman–Crippen LogP) is 2.02. The first-order valence-corrected chi connectivity index (χ1v) is 10.4. The number of amidine groups is 1. The number of hydrogen-bond donors (Lipinski definition) is 1. The maximum absolute atomic E-state index is 13.4. The van der Waals surface area contributed by atoms with Gasteiger partial charge >= 0.3 is 12.0 Å². The van der Waals surface area contributed by atoms with Crippen molar-refractivity contribution in [2.75, 3.05) is 20.7 Å². The smallest absolute Gasteiger partial charge is 0.414 e. The predicted molar refractivity (Wildman–Crippen MR) is 121 cm³/mol. The first kappa shape index (κ1) is 22.1.